The predicted molar refractivity (Wildman–Crippen MR) is 95.6 cm³/mol. The van der Waals surface area contributed by atoms with Gasteiger partial charge in [0.25, 0.3) is 0 Å². The summed E-state index contributed by atoms with van der Waals surface area (Å²) in [5.74, 6) is 1.84. The number of nitrogens with two attached hydrogens (primary N) is 1. The van der Waals surface area contributed by atoms with Crippen LogP contribution in [0.3, 0.4) is 0 Å². The van der Waals surface area contributed by atoms with E-state index >= 15 is 0 Å². The minimum absolute atomic E-state index is 0.493. The lowest BCUT2D eigenvalue weighted by atomic mass is 9.77. The second kappa shape index (κ2) is 12.5. The molecule has 2 N–H and O–H groups in total. The lowest BCUT2D eigenvalue weighted by Crippen LogP contribution is -2.33. The van der Waals surface area contributed by atoms with E-state index < -0.39 is 0 Å². The molecule has 1 atom stereocenters. The molecule has 1 nitrogen and oxygen atoms in total. The molecule has 0 amide bonds. The smallest absolute Gasteiger partial charge is 0.00671 e. The van der Waals surface area contributed by atoms with E-state index in [9.17, 15) is 0 Å². The van der Waals surface area contributed by atoms with Crippen LogP contribution in [0.25, 0.3) is 0 Å². The van der Waals surface area contributed by atoms with Crippen molar-refractivity contribution < 1.29 is 0 Å². The minimum Gasteiger partial charge on any atom is -0.327 e. The monoisotopic (exact) mass is 295 g/mol. The molecule has 1 saturated carbocycles. The fraction of sp³-hybridized carbons (Fsp3) is 1.00. The topological polar surface area (TPSA) is 26.0 Å². The van der Waals surface area contributed by atoms with Gasteiger partial charge < -0.3 is 5.73 Å². The third-order valence-electron chi connectivity index (χ3n) is 5.72. The van der Waals surface area contributed by atoms with Crippen molar-refractivity contribution in [3.63, 3.8) is 0 Å². The second-order valence-electron chi connectivity index (χ2n) is 7.47. The van der Waals surface area contributed by atoms with E-state index in [1.165, 1.54) is 96.3 Å². The Kier molecular flexibility index (Phi) is 11.3. The van der Waals surface area contributed by atoms with Crippen molar-refractivity contribution in [2.45, 2.75) is 116 Å². The number of hydrogen-bond acceptors (Lipinski definition) is 1. The third-order valence-corrected chi connectivity index (χ3v) is 5.72. The molecule has 0 saturated heterocycles. The van der Waals surface area contributed by atoms with Gasteiger partial charge in [0.15, 0.2) is 0 Å². The molecule has 0 aromatic rings. The first kappa shape index (κ1) is 19.0. The number of hydrogen-bond donors (Lipinski definition) is 1. The Balaban J connectivity index is 1.90. The third kappa shape index (κ3) is 8.86. The zero-order chi connectivity index (χ0) is 15.3. The molecule has 1 unspecified atom stereocenters. The van der Waals surface area contributed by atoms with Gasteiger partial charge in [-0.25, -0.2) is 0 Å². The van der Waals surface area contributed by atoms with Crippen molar-refractivity contribution in [1.29, 1.82) is 0 Å². The second-order valence-corrected chi connectivity index (χ2v) is 7.47. The van der Waals surface area contributed by atoms with E-state index in [4.69, 9.17) is 5.73 Å². The molecule has 1 heteroatoms. The molecule has 0 radical (unpaired) electrons. The van der Waals surface area contributed by atoms with Crippen LogP contribution in [0.4, 0.5) is 0 Å². The first-order valence-corrected chi connectivity index (χ1v) is 10.0. The zero-order valence-electron chi connectivity index (χ0n) is 14.9. The van der Waals surface area contributed by atoms with Gasteiger partial charge in [0, 0.05) is 6.04 Å². The fourth-order valence-electron chi connectivity index (χ4n) is 3.95. The van der Waals surface area contributed by atoms with Crippen molar-refractivity contribution in [3.05, 3.63) is 0 Å². The predicted octanol–water partition coefficient (Wildman–Crippen LogP) is 6.45. The molecular formula is C20H41N. The standard InChI is InChI=1S/C20H41N/c1-3-5-6-7-8-9-10-11-12-13-20(21)19-16-14-18(4-2)15-17-19/h18-20H,3-17,21H2,1-2H3. The van der Waals surface area contributed by atoms with Crippen LogP contribution in [-0.4, -0.2) is 6.04 Å². The van der Waals surface area contributed by atoms with E-state index in [-0.39, 0.29) is 0 Å². The SMILES string of the molecule is CCCCCCCCCCCC(N)C1CCC(CC)CC1. The van der Waals surface area contributed by atoms with Gasteiger partial charge in [-0.3, -0.25) is 0 Å². The summed E-state index contributed by atoms with van der Waals surface area (Å²) < 4.78 is 0. The molecule has 21 heavy (non-hydrogen) atoms. The average molecular weight is 296 g/mol. The summed E-state index contributed by atoms with van der Waals surface area (Å²) in [4.78, 5) is 0. The number of unbranched alkanes of at least 4 members (excludes halogenated alkanes) is 8. The van der Waals surface area contributed by atoms with Crippen molar-refractivity contribution >= 4 is 0 Å². The maximum atomic E-state index is 6.43. The van der Waals surface area contributed by atoms with Gasteiger partial charge >= 0.3 is 0 Å². The summed E-state index contributed by atoms with van der Waals surface area (Å²) in [5, 5.41) is 0. The minimum atomic E-state index is 0.493. The zero-order valence-corrected chi connectivity index (χ0v) is 14.9. The Morgan fingerprint density at radius 3 is 1.81 bits per heavy atom. The highest BCUT2D eigenvalue weighted by atomic mass is 14.6. The highest BCUT2D eigenvalue weighted by Gasteiger charge is 2.24. The molecular weight excluding hydrogens is 254 g/mol. The van der Waals surface area contributed by atoms with E-state index in [2.05, 4.69) is 13.8 Å². The normalized spacial score (nSPS) is 24.1. The molecule has 126 valence electrons. The lowest BCUT2D eigenvalue weighted by molar-refractivity contribution is 0.231. The van der Waals surface area contributed by atoms with Crippen molar-refractivity contribution in [3.8, 4) is 0 Å². The van der Waals surface area contributed by atoms with E-state index in [1.54, 1.807) is 0 Å². The Morgan fingerprint density at radius 2 is 1.29 bits per heavy atom. The van der Waals surface area contributed by atoms with Crippen LogP contribution in [0, 0.1) is 11.8 Å². The van der Waals surface area contributed by atoms with E-state index in [0.29, 0.717) is 6.04 Å². The molecule has 1 aliphatic rings. The summed E-state index contributed by atoms with van der Waals surface area (Å²) in [6.45, 7) is 4.63. The first-order valence-electron chi connectivity index (χ1n) is 10.0. The van der Waals surface area contributed by atoms with Crippen LogP contribution in [0.5, 0.6) is 0 Å². The Hall–Kier alpha value is -0.0400. The van der Waals surface area contributed by atoms with Gasteiger partial charge in [-0.2, -0.15) is 0 Å². The quantitative estimate of drug-likeness (QED) is 0.411. The van der Waals surface area contributed by atoms with Gasteiger partial charge in [0.2, 0.25) is 0 Å². The lowest BCUT2D eigenvalue weighted by Gasteiger charge is -2.31. The molecule has 1 aliphatic carbocycles. The van der Waals surface area contributed by atoms with E-state index in [0.717, 1.165) is 11.8 Å². The largest absolute Gasteiger partial charge is 0.327 e. The van der Waals surface area contributed by atoms with Crippen LogP contribution < -0.4 is 5.73 Å². The summed E-state index contributed by atoms with van der Waals surface area (Å²) in [6, 6.07) is 0.493. The Morgan fingerprint density at radius 1 is 0.762 bits per heavy atom. The van der Waals surface area contributed by atoms with Gasteiger partial charge in [-0.15, -0.1) is 0 Å². The molecule has 0 spiro atoms. The molecule has 0 heterocycles. The highest BCUT2D eigenvalue weighted by molar-refractivity contribution is 4.79. The van der Waals surface area contributed by atoms with Gasteiger partial charge in [-0.05, 0) is 31.1 Å². The highest BCUT2D eigenvalue weighted by Crippen LogP contribution is 2.33. The molecule has 1 fully saturated rings. The first-order chi connectivity index (χ1) is 10.3. The van der Waals surface area contributed by atoms with Gasteiger partial charge in [0.1, 0.15) is 0 Å². The van der Waals surface area contributed by atoms with Crippen LogP contribution in [0.2, 0.25) is 0 Å². The molecule has 1 rings (SSSR count). The summed E-state index contributed by atoms with van der Waals surface area (Å²) in [7, 11) is 0. The Labute approximate surface area is 134 Å². The van der Waals surface area contributed by atoms with Crippen molar-refractivity contribution in [2.75, 3.05) is 0 Å². The summed E-state index contributed by atoms with van der Waals surface area (Å²) in [5.41, 5.74) is 6.43. The maximum absolute atomic E-state index is 6.43. The molecule has 0 aromatic heterocycles. The molecule has 0 aromatic carbocycles. The Bertz CT molecular complexity index is 218. The van der Waals surface area contributed by atoms with Gasteiger partial charge in [0.05, 0.1) is 0 Å². The average Bonchev–Trinajstić information content (AvgIpc) is 2.53. The van der Waals surface area contributed by atoms with Crippen molar-refractivity contribution in [1.82, 2.24) is 0 Å². The van der Waals surface area contributed by atoms with Gasteiger partial charge in [-0.1, -0.05) is 90.9 Å². The summed E-state index contributed by atoms with van der Waals surface area (Å²) in [6.07, 6.45) is 21.1. The van der Waals surface area contributed by atoms with E-state index in [1.807, 2.05) is 0 Å². The molecule has 0 aliphatic heterocycles. The summed E-state index contributed by atoms with van der Waals surface area (Å²) >= 11 is 0. The van der Waals surface area contributed by atoms with Crippen LogP contribution in [0.1, 0.15) is 110 Å². The number of rotatable bonds is 12. The van der Waals surface area contributed by atoms with Crippen molar-refractivity contribution in [2.24, 2.45) is 17.6 Å². The molecule has 0 bridgehead atoms. The van der Waals surface area contributed by atoms with Crippen LogP contribution >= 0.6 is 0 Å². The fourth-order valence-corrected chi connectivity index (χ4v) is 3.95. The maximum Gasteiger partial charge on any atom is 0.00671 e. The van der Waals surface area contributed by atoms with Crippen LogP contribution in [0.15, 0.2) is 0 Å². The van der Waals surface area contributed by atoms with Crippen LogP contribution in [-0.2, 0) is 0 Å².